The van der Waals surface area contributed by atoms with Gasteiger partial charge in [0.1, 0.15) is 12.1 Å². The van der Waals surface area contributed by atoms with Crippen LogP contribution >= 0.6 is 24.0 Å². The smallest absolute Gasteiger partial charge is 0.191 e. The Labute approximate surface area is 207 Å². The third-order valence-electron chi connectivity index (χ3n) is 4.94. The van der Waals surface area contributed by atoms with Crippen LogP contribution in [0.4, 0.5) is 11.5 Å². The van der Waals surface area contributed by atoms with Crippen molar-refractivity contribution in [2.24, 2.45) is 12.0 Å². The zero-order valence-electron chi connectivity index (χ0n) is 19.1. The SMILES string of the molecule is CCNC(=NCCCN(CC)c1ccccc1)NCCNc1ncnc2c1cnn2C.I. The summed E-state index contributed by atoms with van der Waals surface area (Å²) in [5, 5.41) is 15.2. The zero-order valence-corrected chi connectivity index (χ0v) is 21.4. The molecule has 0 spiro atoms. The van der Waals surface area contributed by atoms with E-state index >= 15 is 0 Å². The topological polar surface area (TPSA) is 95.3 Å². The maximum Gasteiger partial charge on any atom is 0.191 e. The Balaban J connectivity index is 0.00000363. The second-order valence-electron chi connectivity index (χ2n) is 7.11. The number of aromatic nitrogens is 4. The van der Waals surface area contributed by atoms with Crippen LogP contribution in [0, 0.1) is 0 Å². The van der Waals surface area contributed by atoms with Gasteiger partial charge in [-0.25, -0.2) is 9.97 Å². The number of anilines is 2. The molecule has 2 heterocycles. The van der Waals surface area contributed by atoms with E-state index in [0.29, 0.717) is 6.54 Å². The number of benzene rings is 1. The van der Waals surface area contributed by atoms with Crippen molar-refractivity contribution in [1.29, 1.82) is 0 Å². The highest BCUT2D eigenvalue weighted by atomic mass is 127. The minimum absolute atomic E-state index is 0. The molecule has 0 aliphatic carbocycles. The molecule has 10 heteroatoms. The highest BCUT2D eigenvalue weighted by molar-refractivity contribution is 14.0. The summed E-state index contributed by atoms with van der Waals surface area (Å²) in [5.74, 6) is 1.63. The molecule has 3 N–H and O–H groups in total. The van der Waals surface area contributed by atoms with Crippen molar-refractivity contribution in [2.45, 2.75) is 20.3 Å². The van der Waals surface area contributed by atoms with Crippen molar-refractivity contribution in [1.82, 2.24) is 30.4 Å². The second kappa shape index (κ2) is 13.7. The van der Waals surface area contributed by atoms with Crippen LogP contribution in [0.25, 0.3) is 11.0 Å². The summed E-state index contributed by atoms with van der Waals surface area (Å²) in [6.45, 7) is 9.27. The number of nitrogens with one attached hydrogen (secondary N) is 3. The van der Waals surface area contributed by atoms with E-state index in [-0.39, 0.29) is 24.0 Å². The fourth-order valence-electron chi connectivity index (χ4n) is 3.37. The monoisotopic (exact) mass is 551 g/mol. The molecule has 9 nitrogen and oxygen atoms in total. The maximum absolute atomic E-state index is 4.71. The molecule has 0 aliphatic rings. The number of hydrogen-bond donors (Lipinski definition) is 3. The summed E-state index contributed by atoms with van der Waals surface area (Å²) < 4.78 is 1.74. The normalized spacial score (nSPS) is 11.2. The molecular formula is C22H34IN9. The van der Waals surface area contributed by atoms with E-state index in [9.17, 15) is 0 Å². The Bertz CT molecular complexity index is 958. The Morgan fingerprint density at radius 2 is 1.91 bits per heavy atom. The summed E-state index contributed by atoms with van der Waals surface area (Å²) in [5.41, 5.74) is 2.08. The van der Waals surface area contributed by atoms with Crippen LogP contribution in [-0.4, -0.2) is 65.0 Å². The fraction of sp³-hybridized carbons (Fsp3) is 0.455. The number of halogens is 1. The molecule has 1 aromatic carbocycles. The molecule has 0 radical (unpaired) electrons. The minimum Gasteiger partial charge on any atom is -0.372 e. The number of rotatable bonds is 11. The number of nitrogens with zero attached hydrogens (tertiary/aromatic N) is 6. The van der Waals surface area contributed by atoms with Crippen LogP contribution < -0.4 is 20.9 Å². The molecule has 0 bridgehead atoms. The number of aryl methyl sites for hydroxylation is 1. The predicted octanol–water partition coefficient (Wildman–Crippen LogP) is 2.86. The Morgan fingerprint density at radius 1 is 1.09 bits per heavy atom. The van der Waals surface area contributed by atoms with E-state index in [0.717, 1.165) is 62.0 Å². The zero-order chi connectivity index (χ0) is 21.9. The van der Waals surface area contributed by atoms with Crippen molar-refractivity contribution in [2.75, 3.05) is 49.5 Å². The van der Waals surface area contributed by atoms with Gasteiger partial charge in [0.05, 0.1) is 11.6 Å². The van der Waals surface area contributed by atoms with Gasteiger partial charge in [-0.2, -0.15) is 5.10 Å². The lowest BCUT2D eigenvalue weighted by atomic mass is 10.2. The van der Waals surface area contributed by atoms with Crippen LogP contribution in [0.15, 0.2) is 47.8 Å². The van der Waals surface area contributed by atoms with Gasteiger partial charge in [-0.3, -0.25) is 9.67 Å². The third-order valence-corrected chi connectivity index (χ3v) is 4.94. The largest absolute Gasteiger partial charge is 0.372 e. The van der Waals surface area contributed by atoms with Gasteiger partial charge in [0.2, 0.25) is 0 Å². The number of aliphatic imine (C=N–C) groups is 1. The lowest BCUT2D eigenvalue weighted by Crippen LogP contribution is -2.39. The van der Waals surface area contributed by atoms with Crippen LogP contribution in [0.2, 0.25) is 0 Å². The van der Waals surface area contributed by atoms with Crippen molar-refractivity contribution in [3.05, 3.63) is 42.9 Å². The van der Waals surface area contributed by atoms with Crippen molar-refractivity contribution >= 4 is 52.5 Å². The number of hydrogen-bond acceptors (Lipinski definition) is 6. The van der Waals surface area contributed by atoms with Crippen LogP contribution in [0.3, 0.4) is 0 Å². The Kier molecular flexibility index (Phi) is 11.0. The molecule has 3 aromatic rings. The summed E-state index contributed by atoms with van der Waals surface area (Å²) in [4.78, 5) is 15.7. The van der Waals surface area contributed by atoms with Crippen LogP contribution in [0.5, 0.6) is 0 Å². The average Bonchev–Trinajstić information content (AvgIpc) is 3.18. The van der Waals surface area contributed by atoms with E-state index in [1.54, 1.807) is 17.2 Å². The Hall–Kier alpha value is -2.63. The van der Waals surface area contributed by atoms with E-state index in [4.69, 9.17) is 4.99 Å². The first-order valence-electron chi connectivity index (χ1n) is 10.9. The summed E-state index contributed by atoms with van der Waals surface area (Å²) in [6.07, 6.45) is 4.34. The lowest BCUT2D eigenvalue weighted by Gasteiger charge is -2.22. The molecule has 2 aromatic heterocycles. The number of guanidine groups is 1. The van der Waals surface area contributed by atoms with E-state index in [1.807, 2.05) is 7.05 Å². The fourth-order valence-corrected chi connectivity index (χ4v) is 3.37. The first-order chi connectivity index (χ1) is 15.2. The van der Waals surface area contributed by atoms with Crippen molar-refractivity contribution < 1.29 is 0 Å². The highest BCUT2D eigenvalue weighted by Gasteiger charge is 2.07. The van der Waals surface area contributed by atoms with Crippen LogP contribution in [0.1, 0.15) is 20.3 Å². The van der Waals surface area contributed by atoms with Crippen molar-refractivity contribution in [3.8, 4) is 0 Å². The van der Waals surface area contributed by atoms with Crippen molar-refractivity contribution in [3.63, 3.8) is 0 Å². The molecule has 32 heavy (non-hydrogen) atoms. The molecule has 0 unspecified atom stereocenters. The molecule has 0 saturated heterocycles. The molecule has 0 atom stereocenters. The molecule has 0 fully saturated rings. The summed E-state index contributed by atoms with van der Waals surface area (Å²) in [6, 6.07) is 10.5. The molecular weight excluding hydrogens is 517 g/mol. The maximum atomic E-state index is 4.71. The van der Waals surface area contributed by atoms with E-state index in [1.165, 1.54) is 5.69 Å². The summed E-state index contributed by atoms with van der Waals surface area (Å²) >= 11 is 0. The minimum atomic E-state index is 0. The third kappa shape index (κ3) is 7.21. The van der Waals surface area contributed by atoms with Gasteiger partial charge in [-0.1, -0.05) is 18.2 Å². The van der Waals surface area contributed by atoms with E-state index < -0.39 is 0 Å². The number of para-hydroxylation sites is 1. The number of fused-ring (bicyclic) bond motifs is 1. The average molecular weight is 551 g/mol. The van der Waals surface area contributed by atoms with Gasteiger partial charge >= 0.3 is 0 Å². The van der Waals surface area contributed by atoms with Gasteiger partial charge in [-0.15, -0.1) is 24.0 Å². The van der Waals surface area contributed by atoms with Crippen LogP contribution in [-0.2, 0) is 7.05 Å². The predicted molar refractivity (Wildman–Crippen MR) is 143 cm³/mol. The first-order valence-corrected chi connectivity index (χ1v) is 10.9. The molecule has 0 saturated carbocycles. The molecule has 0 aliphatic heterocycles. The standard InChI is InChI=1S/C22H33N9.HI/c1-4-23-22(25-12-9-15-31(5-2)18-10-7-6-8-11-18)26-14-13-24-20-19-16-29-30(3)21(19)28-17-27-20;/h6-8,10-11,16-17H,4-5,9,12-15H2,1-3H3,(H2,23,25,26)(H,24,27,28);1H. The molecule has 174 valence electrons. The lowest BCUT2D eigenvalue weighted by molar-refractivity contribution is 0.743. The van der Waals surface area contributed by atoms with Gasteiger partial charge in [0.25, 0.3) is 0 Å². The first kappa shape index (κ1) is 25.6. The molecule has 3 rings (SSSR count). The van der Waals surface area contributed by atoms with Gasteiger partial charge in [0, 0.05) is 52.0 Å². The Morgan fingerprint density at radius 3 is 2.66 bits per heavy atom. The highest BCUT2D eigenvalue weighted by Crippen LogP contribution is 2.17. The molecule has 0 amide bonds. The van der Waals surface area contributed by atoms with Gasteiger partial charge in [-0.05, 0) is 32.4 Å². The van der Waals surface area contributed by atoms with Gasteiger partial charge in [0.15, 0.2) is 11.6 Å². The quantitative estimate of drug-likeness (QED) is 0.146. The summed E-state index contributed by atoms with van der Waals surface area (Å²) in [7, 11) is 1.87. The van der Waals surface area contributed by atoms with Gasteiger partial charge < -0.3 is 20.9 Å². The second-order valence-corrected chi connectivity index (χ2v) is 7.11. The van der Waals surface area contributed by atoms with E-state index in [2.05, 4.69) is 80.1 Å².